The van der Waals surface area contributed by atoms with Crippen LogP contribution in [0.15, 0.2) is 76.5 Å². The average molecular weight is 465 g/mol. The highest BCUT2D eigenvalue weighted by molar-refractivity contribution is 7.99. The van der Waals surface area contributed by atoms with Crippen molar-refractivity contribution in [2.75, 3.05) is 24.8 Å². The molecule has 0 saturated carbocycles. The third kappa shape index (κ3) is 5.75. The van der Waals surface area contributed by atoms with Crippen molar-refractivity contribution < 1.29 is 18.7 Å². The molecule has 9 heteroatoms. The summed E-state index contributed by atoms with van der Waals surface area (Å²) in [5, 5.41) is 12.2. The van der Waals surface area contributed by atoms with Crippen LogP contribution in [0.5, 0.6) is 11.5 Å². The normalized spacial score (nSPS) is 10.7. The monoisotopic (exact) mass is 464 g/mol. The van der Waals surface area contributed by atoms with Crippen molar-refractivity contribution in [3.05, 3.63) is 72.7 Å². The lowest BCUT2D eigenvalue weighted by molar-refractivity contribution is -0.113. The van der Waals surface area contributed by atoms with Gasteiger partial charge < -0.3 is 19.2 Å². The number of nitrogens with one attached hydrogen (secondary N) is 1. The van der Waals surface area contributed by atoms with Gasteiger partial charge in [-0.1, -0.05) is 23.9 Å². The summed E-state index contributed by atoms with van der Waals surface area (Å²) in [6, 6.07) is 18.6. The molecule has 170 valence electrons. The Morgan fingerprint density at radius 3 is 2.67 bits per heavy atom. The number of furan rings is 1. The summed E-state index contributed by atoms with van der Waals surface area (Å²) in [5.74, 6) is 2.96. The van der Waals surface area contributed by atoms with Gasteiger partial charge in [0, 0.05) is 11.3 Å². The number of methoxy groups -OCH3 is 1. The van der Waals surface area contributed by atoms with E-state index < -0.39 is 0 Å². The zero-order valence-electron chi connectivity index (χ0n) is 18.4. The Hall–Kier alpha value is -3.72. The first-order valence-corrected chi connectivity index (χ1v) is 11.4. The van der Waals surface area contributed by atoms with Crippen molar-refractivity contribution in [2.24, 2.45) is 0 Å². The Kier molecular flexibility index (Phi) is 7.31. The molecule has 33 heavy (non-hydrogen) atoms. The van der Waals surface area contributed by atoms with Gasteiger partial charge in [-0.2, -0.15) is 0 Å². The van der Waals surface area contributed by atoms with Crippen LogP contribution in [0.4, 0.5) is 5.69 Å². The molecule has 0 radical (unpaired) electrons. The fourth-order valence-electron chi connectivity index (χ4n) is 3.20. The molecule has 2 heterocycles. The molecule has 8 nitrogen and oxygen atoms in total. The van der Waals surface area contributed by atoms with E-state index in [9.17, 15) is 4.79 Å². The molecular weight excluding hydrogens is 440 g/mol. The summed E-state index contributed by atoms with van der Waals surface area (Å²) in [7, 11) is 1.62. The van der Waals surface area contributed by atoms with Crippen molar-refractivity contribution in [1.82, 2.24) is 14.8 Å². The van der Waals surface area contributed by atoms with Crippen LogP contribution >= 0.6 is 11.8 Å². The summed E-state index contributed by atoms with van der Waals surface area (Å²) in [4.78, 5) is 12.5. The number of nitrogens with zero attached hydrogens (tertiary/aromatic N) is 3. The van der Waals surface area contributed by atoms with Gasteiger partial charge in [-0.3, -0.25) is 9.36 Å². The standard InChI is InChI=1S/C24H24N4O4S/c1-3-31-19-11-9-18(10-12-19)25-22(29)16-33-24-27-26-23(17-6-4-7-20(14-17)30-2)28(24)15-21-8-5-13-32-21/h4-14H,3,15-16H2,1-2H3,(H,25,29). The lowest BCUT2D eigenvalue weighted by Gasteiger charge is -2.10. The van der Waals surface area contributed by atoms with E-state index in [0.717, 1.165) is 22.8 Å². The molecule has 4 aromatic rings. The molecule has 1 amide bonds. The van der Waals surface area contributed by atoms with Crippen LogP contribution in [0.1, 0.15) is 12.7 Å². The molecule has 4 rings (SSSR count). The summed E-state index contributed by atoms with van der Waals surface area (Å²) < 4.78 is 18.2. The molecule has 0 unspecified atom stereocenters. The van der Waals surface area contributed by atoms with Crippen LogP contribution in [0.25, 0.3) is 11.4 Å². The van der Waals surface area contributed by atoms with Crippen LogP contribution in [-0.4, -0.2) is 40.1 Å². The van der Waals surface area contributed by atoms with Crippen LogP contribution in [0.2, 0.25) is 0 Å². The van der Waals surface area contributed by atoms with Crippen molar-refractivity contribution in [1.29, 1.82) is 0 Å². The van der Waals surface area contributed by atoms with Crippen LogP contribution in [0.3, 0.4) is 0 Å². The number of anilines is 1. The highest BCUT2D eigenvalue weighted by Gasteiger charge is 2.17. The average Bonchev–Trinajstić information content (AvgIpc) is 3.50. The van der Waals surface area contributed by atoms with Crippen LogP contribution in [0, 0.1) is 0 Å². The number of carbonyl (C=O) groups is 1. The second-order valence-electron chi connectivity index (χ2n) is 7.00. The molecule has 0 aliphatic heterocycles. The Morgan fingerprint density at radius 1 is 1.09 bits per heavy atom. The highest BCUT2D eigenvalue weighted by Crippen LogP contribution is 2.28. The summed E-state index contributed by atoms with van der Waals surface area (Å²) in [6.07, 6.45) is 1.63. The van der Waals surface area contributed by atoms with E-state index in [4.69, 9.17) is 13.9 Å². The molecule has 0 atom stereocenters. The maximum absolute atomic E-state index is 12.5. The van der Waals surface area contributed by atoms with Gasteiger partial charge in [0.15, 0.2) is 11.0 Å². The van der Waals surface area contributed by atoms with Crippen molar-refractivity contribution in [3.63, 3.8) is 0 Å². The zero-order chi connectivity index (χ0) is 23.0. The zero-order valence-corrected chi connectivity index (χ0v) is 19.2. The van der Waals surface area contributed by atoms with Crippen molar-refractivity contribution in [2.45, 2.75) is 18.6 Å². The molecule has 0 spiro atoms. The number of hydrogen-bond acceptors (Lipinski definition) is 7. The van der Waals surface area contributed by atoms with Gasteiger partial charge in [-0.25, -0.2) is 0 Å². The molecule has 1 N–H and O–H groups in total. The van der Waals surface area contributed by atoms with Crippen LogP contribution < -0.4 is 14.8 Å². The second-order valence-corrected chi connectivity index (χ2v) is 7.94. The smallest absolute Gasteiger partial charge is 0.234 e. The second kappa shape index (κ2) is 10.7. The molecule has 0 bridgehead atoms. The predicted molar refractivity (Wildman–Crippen MR) is 127 cm³/mol. The first-order valence-electron chi connectivity index (χ1n) is 10.4. The first-order chi connectivity index (χ1) is 16.2. The van der Waals surface area contributed by atoms with E-state index in [1.54, 1.807) is 13.4 Å². The van der Waals surface area contributed by atoms with Crippen molar-refractivity contribution in [3.8, 4) is 22.9 Å². The highest BCUT2D eigenvalue weighted by atomic mass is 32.2. The topological polar surface area (TPSA) is 91.4 Å². The van der Waals surface area contributed by atoms with Gasteiger partial charge in [0.05, 0.1) is 32.3 Å². The molecule has 0 aliphatic carbocycles. The molecule has 0 aliphatic rings. The number of carbonyl (C=O) groups excluding carboxylic acids is 1. The van der Waals surface area contributed by atoms with Gasteiger partial charge >= 0.3 is 0 Å². The Labute approximate surface area is 195 Å². The molecule has 0 saturated heterocycles. The largest absolute Gasteiger partial charge is 0.497 e. The van der Waals surface area contributed by atoms with E-state index in [1.807, 2.05) is 72.2 Å². The lowest BCUT2D eigenvalue weighted by atomic mass is 10.2. The number of aromatic nitrogens is 3. The SMILES string of the molecule is CCOc1ccc(NC(=O)CSc2nnc(-c3cccc(OC)c3)n2Cc2ccco2)cc1. The minimum absolute atomic E-state index is 0.139. The first kappa shape index (κ1) is 22.5. The number of benzene rings is 2. The molecule has 2 aromatic carbocycles. The number of hydrogen-bond donors (Lipinski definition) is 1. The summed E-state index contributed by atoms with van der Waals surface area (Å²) in [6.45, 7) is 2.96. The summed E-state index contributed by atoms with van der Waals surface area (Å²) >= 11 is 1.31. The van der Waals surface area contributed by atoms with Gasteiger partial charge in [0.25, 0.3) is 0 Å². The van der Waals surface area contributed by atoms with E-state index in [1.165, 1.54) is 11.8 Å². The van der Waals surface area contributed by atoms with E-state index in [0.29, 0.717) is 29.8 Å². The summed E-state index contributed by atoms with van der Waals surface area (Å²) in [5.41, 5.74) is 1.57. The molecular formula is C24H24N4O4S. The third-order valence-corrected chi connectivity index (χ3v) is 5.69. The maximum atomic E-state index is 12.5. The maximum Gasteiger partial charge on any atom is 0.234 e. The van der Waals surface area contributed by atoms with Crippen molar-refractivity contribution >= 4 is 23.4 Å². The van der Waals surface area contributed by atoms with Gasteiger partial charge in [-0.15, -0.1) is 10.2 Å². The molecule has 2 aromatic heterocycles. The van der Waals surface area contributed by atoms with E-state index in [2.05, 4.69) is 15.5 Å². The number of rotatable bonds is 10. The lowest BCUT2D eigenvalue weighted by Crippen LogP contribution is -2.14. The Balaban J connectivity index is 1.49. The Morgan fingerprint density at radius 2 is 1.94 bits per heavy atom. The van der Waals surface area contributed by atoms with Crippen LogP contribution in [-0.2, 0) is 11.3 Å². The predicted octanol–water partition coefficient (Wildman–Crippen LogP) is 4.72. The fourth-order valence-corrected chi connectivity index (χ4v) is 3.94. The number of amides is 1. The van der Waals surface area contributed by atoms with Gasteiger partial charge in [-0.05, 0) is 55.5 Å². The van der Waals surface area contributed by atoms with Gasteiger partial charge in [0.1, 0.15) is 17.3 Å². The van der Waals surface area contributed by atoms with E-state index >= 15 is 0 Å². The Bertz CT molecular complexity index is 1190. The number of ether oxygens (including phenoxy) is 2. The fraction of sp³-hybridized carbons (Fsp3) is 0.208. The number of thioether (sulfide) groups is 1. The minimum Gasteiger partial charge on any atom is -0.497 e. The molecule has 0 fully saturated rings. The van der Waals surface area contributed by atoms with E-state index in [-0.39, 0.29) is 11.7 Å². The third-order valence-electron chi connectivity index (χ3n) is 4.72. The van der Waals surface area contributed by atoms with Gasteiger partial charge in [0.2, 0.25) is 5.91 Å². The quantitative estimate of drug-likeness (QED) is 0.339. The minimum atomic E-state index is -0.139.